The summed E-state index contributed by atoms with van der Waals surface area (Å²) in [6, 6.07) is 8.76. The molecular weight excluding hydrogens is 268 g/mol. The number of benzene rings is 1. The van der Waals surface area contributed by atoms with Crippen molar-refractivity contribution in [2.45, 2.75) is 26.3 Å². The van der Waals surface area contributed by atoms with E-state index in [9.17, 15) is 4.79 Å². The van der Waals surface area contributed by atoms with E-state index in [0.29, 0.717) is 23.4 Å². The fraction of sp³-hybridized carbons (Fsp3) is 0.267. The van der Waals surface area contributed by atoms with Crippen LogP contribution in [0.15, 0.2) is 36.7 Å². The van der Waals surface area contributed by atoms with Gasteiger partial charge >= 0.3 is 5.97 Å². The second-order valence-electron chi connectivity index (χ2n) is 4.72. The Balaban J connectivity index is 2.20. The van der Waals surface area contributed by atoms with Crippen LogP contribution >= 0.6 is 0 Å². The molecule has 2 rings (SSSR count). The smallest absolute Gasteiger partial charge is 0.337 e. The summed E-state index contributed by atoms with van der Waals surface area (Å²) in [5, 5.41) is 15.4. The van der Waals surface area contributed by atoms with E-state index in [-0.39, 0.29) is 5.56 Å². The van der Waals surface area contributed by atoms with Gasteiger partial charge in [-0.15, -0.1) is 0 Å². The summed E-state index contributed by atoms with van der Waals surface area (Å²) in [5.74, 6) is 0.268. The van der Waals surface area contributed by atoms with E-state index in [2.05, 4.69) is 34.4 Å². The molecule has 0 amide bonds. The molecule has 21 heavy (non-hydrogen) atoms. The number of carbonyl (C=O) groups is 1. The average Bonchev–Trinajstić information content (AvgIpc) is 2.48. The van der Waals surface area contributed by atoms with Gasteiger partial charge in [-0.1, -0.05) is 19.1 Å². The first kappa shape index (κ1) is 14.8. The van der Waals surface area contributed by atoms with E-state index in [4.69, 9.17) is 5.11 Å². The predicted octanol–water partition coefficient (Wildman–Crippen LogP) is 3.13. The highest BCUT2D eigenvalue weighted by atomic mass is 16.4. The number of nitrogens with zero attached hydrogens (tertiary/aromatic N) is 2. The van der Waals surface area contributed by atoms with Crippen molar-refractivity contribution in [3.8, 4) is 0 Å². The van der Waals surface area contributed by atoms with Gasteiger partial charge in [-0.05, 0) is 25.5 Å². The summed E-state index contributed by atoms with van der Waals surface area (Å²) < 4.78 is 0. The zero-order valence-corrected chi connectivity index (χ0v) is 12.0. The predicted molar refractivity (Wildman–Crippen MR) is 82.1 cm³/mol. The van der Waals surface area contributed by atoms with Crippen molar-refractivity contribution in [3.05, 3.63) is 42.2 Å². The van der Waals surface area contributed by atoms with Gasteiger partial charge in [0.15, 0.2) is 0 Å². The van der Waals surface area contributed by atoms with Crippen LogP contribution in [0, 0.1) is 0 Å². The fourth-order valence-electron chi connectivity index (χ4n) is 1.78. The molecule has 0 saturated carbocycles. The molecule has 1 atom stereocenters. The Morgan fingerprint density at radius 3 is 2.71 bits per heavy atom. The molecule has 3 N–H and O–H groups in total. The highest BCUT2D eigenvalue weighted by Gasteiger charge is 2.10. The minimum Gasteiger partial charge on any atom is -0.478 e. The van der Waals surface area contributed by atoms with Crippen molar-refractivity contribution in [1.29, 1.82) is 0 Å². The van der Waals surface area contributed by atoms with Crippen LogP contribution in [0.1, 0.15) is 30.6 Å². The number of para-hydroxylation sites is 1. The molecule has 2 aromatic rings. The van der Waals surface area contributed by atoms with Crippen LogP contribution in [-0.2, 0) is 0 Å². The lowest BCUT2D eigenvalue weighted by Gasteiger charge is -2.13. The number of hydrogen-bond donors (Lipinski definition) is 3. The van der Waals surface area contributed by atoms with Crippen molar-refractivity contribution in [1.82, 2.24) is 9.97 Å². The van der Waals surface area contributed by atoms with Gasteiger partial charge in [-0.2, -0.15) is 0 Å². The van der Waals surface area contributed by atoms with Crippen LogP contribution < -0.4 is 10.6 Å². The number of anilines is 3. The average molecular weight is 286 g/mol. The molecule has 0 aliphatic rings. The molecule has 0 radical (unpaired) electrons. The molecular formula is C15H18N4O2. The zero-order valence-electron chi connectivity index (χ0n) is 12.0. The zero-order chi connectivity index (χ0) is 15.2. The standard InChI is InChI=1S/C15H18N4O2/c1-3-10(2)18-13-8-14(17-9-16-13)19-12-7-5-4-6-11(12)15(20)21/h4-10H,3H2,1-2H3,(H,20,21)(H2,16,17,18,19). The molecule has 6 heteroatoms. The summed E-state index contributed by atoms with van der Waals surface area (Å²) in [6.45, 7) is 4.15. The third-order valence-corrected chi connectivity index (χ3v) is 3.09. The third-order valence-electron chi connectivity index (χ3n) is 3.09. The van der Waals surface area contributed by atoms with Crippen LogP contribution in [0.4, 0.5) is 17.3 Å². The molecule has 0 saturated heterocycles. The quantitative estimate of drug-likeness (QED) is 0.756. The number of aromatic carboxylic acids is 1. The minimum absolute atomic E-state index is 0.201. The maximum absolute atomic E-state index is 11.2. The summed E-state index contributed by atoms with van der Waals surface area (Å²) in [4.78, 5) is 19.4. The number of carboxylic acid groups (broad SMARTS) is 1. The molecule has 110 valence electrons. The van der Waals surface area contributed by atoms with Crippen molar-refractivity contribution < 1.29 is 9.90 Å². The molecule has 6 nitrogen and oxygen atoms in total. The van der Waals surface area contributed by atoms with Gasteiger partial charge in [0.1, 0.15) is 18.0 Å². The third kappa shape index (κ3) is 3.92. The van der Waals surface area contributed by atoms with E-state index in [0.717, 1.165) is 6.42 Å². The summed E-state index contributed by atoms with van der Waals surface area (Å²) in [6.07, 6.45) is 2.42. The highest BCUT2D eigenvalue weighted by Crippen LogP contribution is 2.20. The molecule has 1 unspecified atom stereocenters. The van der Waals surface area contributed by atoms with E-state index in [1.54, 1.807) is 30.3 Å². The topological polar surface area (TPSA) is 87.1 Å². The Hall–Kier alpha value is -2.63. The van der Waals surface area contributed by atoms with Crippen molar-refractivity contribution in [3.63, 3.8) is 0 Å². The molecule has 0 bridgehead atoms. The lowest BCUT2D eigenvalue weighted by Crippen LogP contribution is -2.14. The van der Waals surface area contributed by atoms with Gasteiger partial charge in [-0.25, -0.2) is 14.8 Å². The van der Waals surface area contributed by atoms with Crippen LogP contribution in [-0.4, -0.2) is 27.1 Å². The van der Waals surface area contributed by atoms with Crippen LogP contribution in [0.2, 0.25) is 0 Å². The molecule has 1 aromatic carbocycles. The summed E-state index contributed by atoms with van der Waals surface area (Å²) in [7, 11) is 0. The van der Waals surface area contributed by atoms with E-state index >= 15 is 0 Å². The summed E-state index contributed by atoms with van der Waals surface area (Å²) >= 11 is 0. The van der Waals surface area contributed by atoms with Crippen molar-refractivity contribution >= 4 is 23.3 Å². The van der Waals surface area contributed by atoms with Gasteiger partial charge in [0.2, 0.25) is 0 Å². The van der Waals surface area contributed by atoms with Crippen molar-refractivity contribution in [2.24, 2.45) is 0 Å². The van der Waals surface area contributed by atoms with Crippen LogP contribution in [0.3, 0.4) is 0 Å². The maximum Gasteiger partial charge on any atom is 0.337 e. The number of hydrogen-bond acceptors (Lipinski definition) is 5. The van der Waals surface area contributed by atoms with Gasteiger partial charge in [0.05, 0.1) is 11.3 Å². The fourth-order valence-corrected chi connectivity index (χ4v) is 1.78. The van der Waals surface area contributed by atoms with Crippen LogP contribution in [0.25, 0.3) is 0 Å². The maximum atomic E-state index is 11.2. The van der Waals surface area contributed by atoms with Gasteiger partial charge < -0.3 is 15.7 Å². The number of nitrogens with one attached hydrogen (secondary N) is 2. The molecule has 0 fully saturated rings. The Kier molecular flexibility index (Phi) is 4.71. The van der Waals surface area contributed by atoms with Gasteiger partial charge in [-0.3, -0.25) is 0 Å². The largest absolute Gasteiger partial charge is 0.478 e. The molecule has 1 aromatic heterocycles. The SMILES string of the molecule is CCC(C)Nc1cc(Nc2ccccc2C(=O)O)ncn1. The second kappa shape index (κ2) is 6.69. The van der Waals surface area contributed by atoms with E-state index in [1.165, 1.54) is 6.33 Å². The van der Waals surface area contributed by atoms with E-state index < -0.39 is 5.97 Å². The lowest BCUT2D eigenvalue weighted by atomic mass is 10.2. The Morgan fingerprint density at radius 1 is 1.29 bits per heavy atom. The first-order valence-electron chi connectivity index (χ1n) is 6.78. The number of aromatic nitrogens is 2. The molecule has 1 heterocycles. The molecule has 0 aliphatic carbocycles. The molecule has 0 aliphatic heterocycles. The highest BCUT2D eigenvalue weighted by molar-refractivity contribution is 5.95. The van der Waals surface area contributed by atoms with Crippen LogP contribution in [0.5, 0.6) is 0 Å². The van der Waals surface area contributed by atoms with Gasteiger partial charge in [0.25, 0.3) is 0 Å². The second-order valence-corrected chi connectivity index (χ2v) is 4.72. The minimum atomic E-state index is -0.981. The Labute approximate surface area is 123 Å². The number of rotatable bonds is 6. The summed E-state index contributed by atoms with van der Waals surface area (Å²) in [5.41, 5.74) is 0.700. The van der Waals surface area contributed by atoms with E-state index in [1.807, 2.05) is 0 Å². The van der Waals surface area contributed by atoms with Crippen molar-refractivity contribution in [2.75, 3.05) is 10.6 Å². The Morgan fingerprint density at radius 2 is 2.00 bits per heavy atom. The monoisotopic (exact) mass is 286 g/mol. The molecule has 0 spiro atoms. The number of carboxylic acids is 1. The normalized spacial score (nSPS) is 11.7. The lowest BCUT2D eigenvalue weighted by molar-refractivity contribution is 0.0698. The van der Waals surface area contributed by atoms with Gasteiger partial charge in [0, 0.05) is 12.1 Å². The Bertz CT molecular complexity index is 631. The first-order valence-corrected chi connectivity index (χ1v) is 6.78. The first-order chi connectivity index (χ1) is 10.1.